The first-order valence-corrected chi connectivity index (χ1v) is 28.5. The third-order valence-corrected chi connectivity index (χ3v) is 13.4. The average molecular weight is 1160 g/mol. The van der Waals surface area contributed by atoms with Gasteiger partial charge in [-0.1, -0.05) is 83.7 Å². The fourth-order valence-electron chi connectivity index (χ4n) is 8.74. The molecule has 462 valence electrons. The Morgan fingerprint density at radius 1 is 0.598 bits per heavy atom. The Hall–Kier alpha value is -6.85. The largest absolute Gasteiger partial charge is 0.391 e. The monoisotopic (exact) mass is 1160 g/mol. The zero-order chi connectivity index (χ0) is 61.5. The van der Waals surface area contributed by atoms with E-state index in [2.05, 4.69) is 65.4 Å². The van der Waals surface area contributed by atoms with Crippen LogP contribution in [0.3, 0.4) is 0 Å². The van der Waals surface area contributed by atoms with Gasteiger partial charge in [-0.05, 0) is 89.9 Å². The maximum Gasteiger partial charge on any atom is 0.245 e. The Kier molecular flexibility index (Phi) is 33.0. The van der Waals surface area contributed by atoms with E-state index in [9.17, 15) is 63.0 Å². The molecule has 1 aliphatic rings. The third kappa shape index (κ3) is 25.1. The highest BCUT2D eigenvalue weighted by Crippen LogP contribution is 2.12. The van der Waals surface area contributed by atoms with Crippen LogP contribution in [0, 0.1) is 5.92 Å². The third-order valence-electron chi connectivity index (χ3n) is 13.4. The highest BCUT2D eigenvalue weighted by molar-refractivity contribution is 5.99. The number of carbonyl (C=O) groups is 11. The number of aliphatic hydroxyl groups excluding tert-OH is 2. The molecule has 11 amide bonds. The van der Waals surface area contributed by atoms with Crippen molar-refractivity contribution in [3.63, 3.8) is 0 Å². The molecular weight excluding hydrogens is 1070 g/mol. The molecule has 1 heterocycles. The number of nitrogens with two attached hydrogens (primary N) is 4. The summed E-state index contributed by atoms with van der Waals surface area (Å²) in [6.45, 7) is 8.31. The summed E-state index contributed by atoms with van der Waals surface area (Å²) < 4.78 is 0. The molecule has 0 aliphatic carbocycles. The van der Waals surface area contributed by atoms with Crippen LogP contribution in [0.2, 0.25) is 0 Å². The first-order chi connectivity index (χ1) is 38.9. The van der Waals surface area contributed by atoms with E-state index in [1.165, 1.54) is 13.8 Å². The number of carbonyl (C=O) groups excluding carboxylic acids is 11. The topological polar surface area (TPSA) is 465 Å². The summed E-state index contributed by atoms with van der Waals surface area (Å²) in [5, 5.41) is 49.4. The van der Waals surface area contributed by atoms with E-state index in [4.69, 9.17) is 22.9 Å². The molecule has 12 atom stereocenters. The highest BCUT2D eigenvalue weighted by atomic mass is 16.3. The molecule has 28 nitrogen and oxygen atoms in total. The van der Waals surface area contributed by atoms with Gasteiger partial charge < -0.3 is 91.6 Å². The lowest BCUT2D eigenvalue weighted by atomic mass is 10.00. The van der Waals surface area contributed by atoms with Crippen LogP contribution in [0.5, 0.6) is 0 Å². The van der Waals surface area contributed by atoms with E-state index in [-0.39, 0.29) is 77.0 Å². The molecule has 28 heteroatoms. The molecule has 0 saturated carbocycles. The van der Waals surface area contributed by atoms with Crippen molar-refractivity contribution in [2.75, 3.05) is 32.7 Å². The lowest BCUT2D eigenvalue weighted by molar-refractivity contribution is -0.137. The van der Waals surface area contributed by atoms with E-state index in [0.717, 1.165) is 25.7 Å². The minimum absolute atomic E-state index is 0.0229. The second-order valence-electron chi connectivity index (χ2n) is 20.9. The lowest BCUT2D eigenvalue weighted by Crippen LogP contribution is -2.62. The number of benzene rings is 1. The maximum absolute atomic E-state index is 14.5. The molecule has 0 radical (unpaired) electrons. The quantitative estimate of drug-likeness (QED) is 0.0368. The lowest BCUT2D eigenvalue weighted by Gasteiger charge is -2.29. The van der Waals surface area contributed by atoms with Crippen molar-refractivity contribution in [3.8, 4) is 0 Å². The van der Waals surface area contributed by atoms with Gasteiger partial charge in [-0.2, -0.15) is 0 Å². The van der Waals surface area contributed by atoms with E-state index >= 15 is 0 Å². The summed E-state index contributed by atoms with van der Waals surface area (Å²) in [7, 11) is 0. The SMILES string of the molecule is CCCCCCCC(=O)N[C@@H](CN)C(=O)N[C@H](C(=O)N[C@@H](CCN)C(=O)N[C@H]1CCNC(=O)[C@H]([C@@H](C)O)NC(=O)[C@H](CC)NC(=O)[C@H](CCN)NC(=O)[C@H](CC(C)C)NC(=O)[C@@H](Cc2ccccc2)NC(=O)[C@H](CCN)NC1=O)[C@@H](C)O. The Labute approximate surface area is 480 Å². The minimum Gasteiger partial charge on any atom is -0.391 e. The molecular formula is C54H93N15O13. The zero-order valence-corrected chi connectivity index (χ0v) is 48.3. The summed E-state index contributed by atoms with van der Waals surface area (Å²) in [4.78, 5) is 153. The molecule has 1 saturated heterocycles. The molecule has 0 aromatic heterocycles. The molecule has 1 aromatic rings. The van der Waals surface area contributed by atoms with Crippen LogP contribution >= 0.6 is 0 Å². The first kappa shape index (κ1) is 71.3. The van der Waals surface area contributed by atoms with E-state index in [1.807, 2.05) is 0 Å². The van der Waals surface area contributed by atoms with Gasteiger partial charge in [0, 0.05) is 25.9 Å². The van der Waals surface area contributed by atoms with Crippen molar-refractivity contribution in [2.45, 2.75) is 198 Å². The van der Waals surface area contributed by atoms with Crippen LogP contribution < -0.4 is 81.4 Å². The number of unbranched alkanes of at least 4 members (excludes halogenated alkanes) is 4. The summed E-state index contributed by atoms with van der Waals surface area (Å²) >= 11 is 0. The van der Waals surface area contributed by atoms with E-state index in [1.54, 1.807) is 51.1 Å². The van der Waals surface area contributed by atoms with Gasteiger partial charge in [0.15, 0.2) is 0 Å². The maximum atomic E-state index is 14.5. The molecule has 2 rings (SSSR count). The van der Waals surface area contributed by atoms with Gasteiger partial charge in [0.25, 0.3) is 0 Å². The van der Waals surface area contributed by atoms with E-state index in [0.29, 0.717) is 12.0 Å². The number of aliphatic hydroxyl groups is 2. The summed E-state index contributed by atoms with van der Waals surface area (Å²) in [5.41, 5.74) is 24.1. The predicted molar refractivity (Wildman–Crippen MR) is 304 cm³/mol. The van der Waals surface area contributed by atoms with Crippen LogP contribution in [0.15, 0.2) is 30.3 Å². The molecule has 0 unspecified atom stereocenters. The van der Waals surface area contributed by atoms with Gasteiger partial charge in [0.05, 0.1) is 12.2 Å². The van der Waals surface area contributed by atoms with Crippen molar-refractivity contribution < 1.29 is 63.0 Å². The Bertz CT molecular complexity index is 2240. The Morgan fingerprint density at radius 3 is 1.70 bits per heavy atom. The summed E-state index contributed by atoms with van der Waals surface area (Å²) in [6.07, 6.45) is 0.267. The standard InChI is InChI=1S/C54H93N15O13/c1-7-9-10-11-15-18-42(72)60-41(29-58)52(80)69-44(32(6)71)54(82)65-37(21-25-57)47(75)64-38-22-26-59-53(81)43(31(5)70)68-45(73)34(8-2)61-46(74)35(19-23-55)63-50(78)39(27-30(3)4)66-51(79)40(28-33-16-13-12-14-17-33)67-48(76)36(20-24-56)62-49(38)77/h12-14,16-17,30-32,34-41,43-44,70-71H,7-11,15,18-29,55-58H2,1-6H3,(H,59,81)(H,60,72)(H,61,74)(H,62,77)(H,63,78)(H,64,75)(H,65,82)(H,66,79)(H,67,76)(H,68,73)(H,69,80)/t31-,32-,34+,35+,36+,37+,38+,39+,40-,41+,43+,44+/m1/s1. The van der Waals surface area contributed by atoms with E-state index < -0.39 is 151 Å². The van der Waals surface area contributed by atoms with Gasteiger partial charge in [0.1, 0.15) is 60.4 Å². The smallest absolute Gasteiger partial charge is 0.245 e. The van der Waals surface area contributed by atoms with Gasteiger partial charge in [-0.3, -0.25) is 52.7 Å². The molecule has 21 N–H and O–H groups in total. The molecule has 0 spiro atoms. The minimum atomic E-state index is -1.71. The number of nitrogens with one attached hydrogen (secondary N) is 11. The number of rotatable bonds is 27. The second kappa shape index (κ2) is 38.0. The van der Waals surface area contributed by atoms with Crippen LogP contribution in [-0.4, -0.2) is 181 Å². The van der Waals surface area contributed by atoms with Crippen molar-refractivity contribution in [1.29, 1.82) is 0 Å². The summed E-state index contributed by atoms with van der Waals surface area (Å²) in [5.74, 6) is -9.84. The van der Waals surface area contributed by atoms with Gasteiger partial charge >= 0.3 is 0 Å². The predicted octanol–water partition coefficient (Wildman–Crippen LogP) is -4.82. The van der Waals surface area contributed by atoms with Gasteiger partial charge in [-0.15, -0.1) is 0 Å². The van der Waals surface area contributed by atoms with Crippen molar-refractivity contribution >= 4 is 65.0 Å². The summed E-state index contributed by atoms with van der Waals surface area (Å²) in [6, 6.07) is -6.06. The second-order valence-corrected chi connectivity index (χ2v) is 20.9. The fourth-order valence-corrected chi connectivity index (χ4v) is 8.74. The Balaban J connectivity index is 2.65. The first-order valence-electron chi connectivity index (χ1n) is 28.5. The molecule has 1 aliphatic heterocycles. The van der Waals surface area contributed by atoms with Crippen LogP contribution in [0.4, 0.5) is 0 Å². The average Bonchev–Trinajstić information content (AvgIpc) is 3.50. The normalized spacial score (nSPS) is 22.9. The van der Waals surface area contributed by atoms with Gasteiger partial charge in [-0.25, -0.2) is 0 Å². The van der Waals surface area contributed by atoms with Crippen LogP contribution in [0.25, 0.3) is 0 Å². The fraction of sp³-hybridized carbons (Fsp3) is 0.685. The highest BCUT2D eigenvalue weighted by Gasteiger charge is 2.37. The zero-order valence-electron chi connectivity index (χ0n) is 48.3. The Morgan fingerprint density at radius 2 is 1.15 bits per heavy atom. The van der Waals surface area contributed by atoms with Crippen LogP contribution in [0.1, 0.15) is 124 Å². The van der Waals surface area contributed by atoms with Gasteiger partial charge in [0.2, 0.25) is 65.0 Å². The molecule has 1 fully saturated rings. The number of hydrogen-bond acceptors (Lipinski definition) is 17. The molecule has 82 heavy (non-hydrogen) atoms. The van der Waals surface area contributed by atoms with Crippen LogP contribution in [-0.2, 0) is 59.2 Å². The number of hydrogen-bond donors (Lipinski definition) is 17. The number of amides is 11. The van der Waals surface area contributed by atoms with Crippen molar-refractivity contribution in [1.82, 2.24) is 58.5 Å². The van der Waals surface area contributed by atoms with Crippen molar-refractivity contribution in [2.24, 2.45) is 28.9 Å². The molecule has 0 bridgehead atoms. The van der Waals surface area contributed by atoms with Crippen molar-refractivity contribution in [3.05, 3.63) is 35.9 Å². The molecule has 1 aromatic carbocycles.